The van der Waals surface area contributed by atoms with E-state index in [1.54, 1.807) is 0 Å². The summed E-state index contributed by atoms with van der Waals surface area (Å²) in [5, 5.41) is 0. The summed E-state index contributed by atoms with van der Waals surface area (Å²) < 4.78 is 29.3. The van der Waals surface area contributed by atoms with Gasteiger partial charge in [0.25, 0.3) is 6.43 Å². The Kier molecular flexibility index (Phi) is 3.42. The fraction of sp³-hybridized carbons (Fsp3) is 0.375. The Bertz CT molecular complexity index is 293. The summed E-state index contributed by atoms with van der Waals surface area (Å²) >= 11 is 5.50. The van der Waals surface area contributed by atoms with Crippen molar-refractivity contribution in [3.8, 4) is 5.75 Å². The summed E-state index contributed by atoms with van der Waals surface area (Å²) in [7, 11) is 1.32. The molecule has 5 heteroatoms. The van der Waals surface area contributed by atoms with Crippen molar-refractivity contribution in [2.75, 3.05) is 7.11 Å². The van der Waals surface area contributed by atoms with Gasteiger partial charge in [0.15, 0.2) is 0 Å². The molecule has 0 atom stereocenters. The van der Waals surface area contributed by atoms with Crippen LogP contribution >= 0.6 is 11.6 Å². The Morgan fingerprint density at radius 3 is 2.77 bits per heavy atom. The molecule has 1 rings (SSSR count). The van der Waals surface area contributed by atoms with Gasteiger partial charge in [0.1, 0.15) is 11.4 Å². The summed E-state index contributed by atoms with van der Waals surface area (Å²) in [4.78, 5) is 3.56. The van der Waals surface area contributed by atoms with Crippen molar-refractivity contribution in [1.29, 1.82) is 0 Å². The van der Waals surface area contributed by atoms with Gasteiger partial charge in [-0.1, -0.05) is 0 Å². The number of ether oxygens (including phenoxy) is 1. The third-order valence-electron chi connectivity index (χ3n) is 1.52. The number of alkyl halides is 3. The van der Waals surface area contributed by atoms with E-state index >= 15 is 0 Å². The van der Waals surface area contributed by atoms with Gasteiger partial charge in [-0.15, -0.1) is 11.6 Å². The molecule has 0 N–H and O–H groups in total. The average molecular weight is 208 g/mol. The van der Waals surface area contributed by atoms with Gasteiger partial charge in [0.2, 0.25) is 0 Å². The topological polar surface area (TPSA) is 22.1 Å². The molecule has 2 nitrogen and oxygen atoms in total. The standard InChI is InChI=1S/C8H8ClF2NO/c1-13-6-2-5(3-9)4-12-7(6)8(10)11/h2,4,8H,3H2,1H3. The molecule has 13 heavy (non-hydrogen) atoms. The Labute approximate surface area is 79.5 Å². The van der Waals surface area contributed by atoms with E-state index in [2.05, 4.69) is 4.98 Å². The summed E-state index contributed by atoms with van der Waals surface area (Å²) in [6.45, 7) is 0. The van der Waals surface area contributed by atoms with Crippen molar-refractivity contribution in [1.82, 2.24) is 4.98 Å². The van der Waals surface area contributed by atoms with Gasteiger partial charge in [-0.3, -0.25) is 4.98 Å². The summed E-state index contributed by atoms with van der Waals surface area (Å²) in [6, 6.07) is 1.46. The summed E-state index contributed by atoms with van der Waals surface area (Å²) in [6.07, 6.45) is -1.31. The summed E-state index contributed by atoms with van der Waals surface area (Å²) in [5.74, 6) is 0.306. The lowest BCUT2D eigenvalue weighted by atomic mass is 10.2. The molecule has 0 aliphatic heterocycles. The molecule has 0 aliphatic rings. The molecule has 1 aromatic rings. The molecule has 0 saturated carbocycles. The molecular formula is C8H8ClF2NO. The maximum Gasteiger partial charge on any atom is 0.284 e. The van der Waals surface area contributed by atoms with E-state index in [0.717, 1.165) is 0 Å². The van der Waals surface area contributed by atoms with Gasteiger partial charge >= 0.3 is 0 Å². The van der Waals surface area contributed by atoms with E-state index in [9.17, 15) is 8.78 Å². The number of hydrogen-bond acceptors (Lipinski definition) is 2. The number of nitrogens with zero attached hydrogens (tertiary/aromatic N) is 1. The van der Waals surface area contributed by atoms with E-state index in [4.69, 9.17) is 16.3 Å². The molecule has 72 valence electrons. The highest BCUT2D eigenvalue weighted by Crippen LogP contribution is 2.27. The smallest absolute Gasteiger partial charge is 0.284 e. The molecule has 0 radical (unpaired) electrons. The maximum absolute atomic E-state index is 12.3. The highest BCUT2D eigenvalue weighted by Gasteiger charge is 2.15. The lowest BCUT2D eigenvalue weighted by Crippen LogP contribution is -1.97. The number of methoxy groups -OCH3 is 1. The second-order valence-electron chi connectivity index (χ2n) is 2.37. The first-order valence-electron chi connectivity index (χ1n) is 3.56. The van der Waals surface area contributed by atoms with Gasteiger partial charge in [-0.05, 0) is 11.6 Å². The van der Waals surface area contributed by atoms with Gasteiger partial charge in [-0.25, -0.2) is 8.78 Å². The first-order valence-corrected chi connectivity index (χ1v) is 4.09. The molecule has 0 aromatic carbocycles. The van der Waals surface area contributed by atoms with E-state index in [1.807, 2.05) is 0 Å². The monoisotopic (exact) mass is 207 g/mol. The van der Waals surface area contributed by atoms with Crippen LogP contribution in [0.25, 0.3) is 0 Å². The Morgan fingerprint density at radius 2 is 2.31 bits per heavy atom. The van der Waals surface area contributed by atoms with Crippen LogP contribution in [0.4, 0.5) is 8.78 Å². The van der Waals surface area contributed by atoms with Crippen LogP contribution in [-0.4, -0.2) is 12.1 Å². The number of rotatable bonds is 3. The number of aromatic nitrogens is 1. The van der Waals surface area contributed by atoms with Crippen molar-refractivity contribution < 1.29 is 13.5 Å². The van der Waals surface area contributed by atoms with Crippen LogP contribution in [0.5, 0.6) is 5.75 Å². The Balaban J connectivity index is 3.08. The fourth-order valence-corrected chi connectivity index (χ4v) is 1.04. The second-order valence-corrected chi connectivity index (χ2v) is 2.63. The molecule has 0 amide bonds. The maximum atomic E-state index is 12.3. The van der Waals surface area contributed by atoms with Crippen molar-refractivity contribution in [2.45, 2.75) is 12.3 Å². The molecular weight excluding hydrogens is 200 g/mol. The van der Waals surface area contributed by atoms with Crippen molar-refractivity contribution >= 4 is 11.6 Å². The summed E-state index contributed by atoms with van der Waals surface area (Å²) in [5.41, 5.74) is 0.305. The molecule has 1 aromatic heterocycles. The minimum absolute atomic E-state index is 0.0770. The van der Waals surface area contributed by atoms with Gasteiger partial charge in [0.05, 0.1) is 7.11 Å². The van der Waals surface area contributed by atoms with Crippen LogP contribution in [0, 0.1) is 0 Å². The molecule has 0 spiro atoms. The molecule has 0 fully saturated rings. The quantitative estimate of drug-likeness (QED) is 0.711. The number of pyridine rings is 1. The van der Waals surface area contributed by atoms with Crippen LogP contribution in [-0.2, 0) is 5.88 Å². The zero-order valence-corrected chi connectivity index (χ0v) is 7.68. The molecule has 0 unspecified atom stereocenters. The van der Waals surface area contributed by atoms with Crippen LogP contribution < -0.4 is 4.74 Å². The lowest BCUT2D eigenvalue weighted by Gasteiger charge is -2.07. The third kappa shape index (κ3) is 2.28. The van der Waals surface area contributed by atoms with Crippen LogP contribution in [0.3, 0.4) is 0 Å². The predicted molar refractivity (Wildman–Crippen MR) is 45.3 cm³/mol. The van der Waals surface area contributed by atoms with Gasteiger partial charge < -0.3 is 4.74 Å². The minimum atomic E-state index is -2.63. The number of halogens is 3. The normalized spacial score (nSPS) is 10.5. The Morgan fingerprint density at radius 1 is 1.62 bits per heavy atom. The van der Waals surface area contributed by atoms with E-state index in [-0.39, 0.29) is 17.3 Å². The number of hydrogen-bond donors (Lipinski definition) is 0. The highest BCUT2D eigenvalue weighted by molar-refractivity contribution is 6.17. The first-order chi connectivity index (χ1) is 6.19. The van der Waals surface area contributed by atoms with E-state index < -0.39 is 6.43 Å². The largest absolute Gasteiger partial charge is 0.495 e. The molecule has 0 aliphatic carbocycles. The molecule has 1 heterocycles. The highest BCUT2D eigenvalue weighted by atomic mass is 35.5. The third-order valence-corrected chi connectivity index (χ3v) is 1.83. The lowest BCUT2D eigenvalue weighted by molar-refractivity contribution is 0.141. The first kappa shape index (κ1) is 10.2. The average Bonchev–Trinajstić information content (AvgIpc) is 2.16. The second kappa shape index (κ2) is 4.37. The van der Waals surface area contributed by atoms with Crippen molar-refractivity contribution in [3.05, 3.63) is 23.5 Å². The zero-order chi connectivity index (χ0) is 9.84. The molecule has 0 bridgehead atoms. The Hall–Kier alpha value is -0.900. The SMILES string of the molecule is COc1cc(CCl)cnc1C(F)F. The van der Waals surface area contributed by atoms with E-state index in [1.165, 1.54) is 19.4 Å². The van der Waals surface area contributed by atoms with Crippen molar-refractivity contribution in [2.24, 2.45) is 0 Å². The zero-order valence-electron chi connectivity index (χ0n) is 6.93. The van der Waals surface area contributed by atoms with Gasteiger partial charge in [-0.2, -0.15) is 0 Å². The van der Waals surface area contributed by atoms with Gasteiger partial charge in [0, 0.05) is 12.1 Å². The predicted octanol–water partition coefficient (Wildman–Crippen LogP) is 2.77. The molecule has 0 saturated heterocycles. The minimum Gasteiger partial charge on any atom is -0.495 e. The fourth-order valence-electron chi connectivity index (χ4n) is 0.896. The van der Waals surface area contributed by atoms with Crippen LogP contribution in [0.2, 0.25) is 0 Å². The van der Waals surface area contributed by atoms with Crippen molar-refractivity contribution in [3.63, 3.8) is 0 Å². The van der Waals surface area contributed by atoms with Crippen LogP contribution in [0.15, 0.2) is 12.3 Å². The van der Waals surface area contributed by atoms with Crippen LogP contribution in [0.1, 0.15) is 17.7 Å². The van der Waals surface area contributed by atoms with E-state index in [0.29, 0.717) is 5.56 Å².